The summed E-state index contributed by atoms with van der Waals surface area (Å²) in [6.45, 7) is 0. The van der Waals surface area contributed by atoms with Gasteiger partial charge in [0.15, 0.2) is 0 Å². The Hall–Kier alpha value is -1.72. The van der Waals surface area contributed by atoms with E-state index in [-0.39, 0.29) is 6.42 Å². The van der Waals surface area contributed by atoms with Crippen molar-refractivity contribution in [2.45, 2.75) is 6.42 Å². The van der Waals surface area contributed by atoms with Gasteiger partial charge in [0.25, 0.3) is 0 Å². The summed E-state index contributed by atoms with van der Waals surface area (Å²) in [5.41, 5.74) is 0. The second-order valence-corrected chi connectivity index (χ2v) is 3.12. The van der Waals surface area contributed by atoms with Crippen molar-refractivity contribution in [3.63, 3.8) is 0 Å². The van der Waals surface area contributed by atoms with Gasteiger partial charge in [0, 0.05) is 0 Å². The first-order chi connectivity index (χ1) is 7.02. The van der Waals surface area contributed by atoms with Crippen LogP contribution >= 0.6 is 0 Å². The minimum Gasteiger partial charge on any atom is -0.468 e. The van der Waals surface area contributed by atoms with Gasteiger partial charge in [-0.2, -0.15) is 0 Å². The fraction of sp³-hybridized carbons (Fsp3) is 0.556. The third-order valence-electron chi connectivity index (χ3n) is 2.32. The van der Waals surface area contributed by atoms with E-state index in [0.717, 1.165) is 14.2 Å². The minimum atomic E-state index is -1.16. The number of Topliss-reactive ketones (excluding diaryl/α,β-unsaturated/α-hetero) is 2. The van der Waals surface area contributed by atoms with Crippen LogP contribution in [0.2, 0.25) is 0 Å². The summed E-state index contributed by atoms with van der Waals surface area (Å²) in [5.74, 6) is -5.66. The zero-order chi connectivity index (χ0) is 11.6. The quantitative estimate of drug-likeness (QED) is 0.336. The Morgan fingerprint density at radius 2 is 1.33 bits per heavy atom. The lowest BCUT2D eigenvalue weighted by atomic mass is 10.1. The highest BCUT2D eigenvalue weighted by molar-refractivity contribution is 6.46. The maximum Gasteiger partial charge on any atom is 0.316 e. The molecule has 1 rings (SSSR count). The Morgan fingerprint density at radius 1 is 1.00 bits per heavy atom. The van der Waals surface area contributed by atoms with Gasteiger partial charge < -0.3 is 9.47 Å². The van der Waals surface area contributed by atoms with Gasteiger partial charge in [-0.15, -0.1) is 0 Å². The highest BCUT2D eigenvalue weighted by Crippen LogP contribution is 2.26. The van der Waals surface area contributed by atoms with Crippen LogP contribution in [0.5, 0.6) is 0 Å². The smallest absolute Gasteiger partial charge is 0.316 e. The number of hydrogen-bond donors (Lipinski definition) is 0. The maximum absolute atomic E-state index is 11.3. The van der Waals surface area contributed by atoms with Crippen molar-refractivity contribution in [1.82, 2.24) is 0 Å². The molecule has 0 heterocycles. The molecule has 6 heteroatoms. The minimum absolute atomic E-state index is 0.156. The first-order valence-electron chi connectivity index (χ1n) is 4.26. The second kappa shape index (κ2) is 4.20. The molecule has 1 aliphatic carbocycles. The standard InChI is InChI=1S/C9H10O6/c1-14-8(12)4-3-5(9(13)15-2)7(11)6(4)10/h4-5H,3H2,1-2H3/t4-,5-/m0/s1. The summed E-state index contributed by atoms with van der Waals surface area (Å²) in [4.78, 5) is 44.7. The van der Waals surface area contributed by atoms with E-state index in [9.17, 15) is 19.2 Å². The number of carbonyl (C=O) groups is 4. The van der Waals surface area contributed by atoms with Crippen LogP contribution in [0.25, 0.3) is 0 Å². The number of carbonyl (C=O) groups excluding carboxylic acids is 4. The van der Waals surface area contributed by atoms with Gasteiger partial charge in [-0.1, -0.05) is 0 Å². The number of methoxy groups -OCH3 is 2. The van der Waals surface area contributed by atoms with Gasteiger partial charge in [-0.05, 0) is 6.42 Å². The van der Waals surface area contributed by atoms with Crippen LogP contribution in [-0.2, 0) is 28.7 Å². The van der Waals surface area contributed by atoms with E-state index in [1.54, 1.807) is 0 Å². The average molecular weight is 214 g/mol. The molecule has 0 bridgehead atoms. The molecule has 0 amide bonds. The lowest BCUT2D eigenvalue weighted by Gasteiger charge is -2.04. The van der Waals surface area contributed by atoms with Gasteiger partial charge in [0.05, 0.1) is 14.2 Å². The van der Waals surface area contributed by atoms with Crippen LogP contribution < -0.4 is 0 Å². The summed E-state index contributed by atoms with van der Waals surface area (Å²) in [5, 5.41) is 0. The van der Waals surface area contributed by atoms with Crippen molar-refractivity contribution < 1.29 is 28.7 Å². The van der Waals surface area contributed by atoms with Gasteiger partial charge >= 0.3 is 11.9 Å². The molecule has 0 saturated heterocycles. The van der Waals surface area contributed by atoms with Crippen LogP contribution in [0, 0.1) is 11.8 Å². The predicted octanol–water partition coefficient (Wildman–Crippen LogP) is -0.893. The molecule has 0 N–H and O–H groups in total. The normalized spacial score (nSPS) is 25.2. The first kappa shape index (κ1) is 11.4. The molecular formula is C9H10O6. The third-order valence-corrected chi connectivity index (χ3v) is 2.32. The maximum atomic E-state index is 11.3. The first-order valence-corrected chi connectivity index (χ1v) is 4.26. The van der Waals surface area contributed by atoms with E-state index in [0.29, 0.717) is 0 Å². The van der Waals surface area contributed by atoms with E-state index in [1.807, 2.05) is 0 Å². The van der Waals surface area contributed by atoms with Gasteiger partial charge in [-0.3, -0.25) is 19.2 Å². The zero-order valence-electron chi connectivity index (χ0n) is 8.31. The molecule has 2 atom stereocenters. The lowest BCUT2D eigenvalue weighted by Crippen LogP contribution is -2.25. The van der Waals surface area contributed by atoms with Gasteiger partial charge in [-0.25, -0.2) is 0 Å². The molecule has 0 aromatic rings. The molecule has 0 radical (unpaired) electrons. The number of ketones is 2. The molecule has 1 fully saturated rings. The Morgan fingerprint density at radius 3 is 1.60 bits per heavy atom. The molecule has 1 saturated carbocycles. The average Bonchev–Trinajstić information content (AvgIpc) is 2.54. The molecular weight excluding hydrogens is 204 g/mol. The van der Waals surface area contributed by atoms with Gasteiger partial charge in [0.1, 0.15) is 11.8 Å². The number of rotatable bonds is 2. The lowest BCUT2D eigenvalue weighted by molar-refractivity contribution is -0.151. The fourth-order valence-corrected chi connectivity index (χ4v) is 1.48. The van der Waals surface area contributed by atoms with Crippen molar-refractivity contribution in [3.8, 4) is 0 Å². The van der Waals surface area contributed by atoms with Crippen LogP contribution in [0.4, 0.5) is 0 Å². The summed E-state index contributed by atoms with van der Waals surface area (Å²) in [6, 6.07) is 0. The molecule has 0 unspecified atom stereocenters. The van der Waals surface area contributed by atoms with E-state index in [2.05, 4.69) is 9.47 Å². The number of hydrogen-bond acceptors (Lipinski definition) is 6. The van der Waals surface area contributed by atoms with Crippen LogP contribution in [0.1, 0.15) is 6.42 Å². The predicted molar refractivity (Wildman–Crippen MR) is 45.6 cm³/mol. The molecule has 15 heavy (non-hydrogen) atoms. The fourth-order valence-electron chi connectivity index (χ4n) is 1.48. The van der Waals surface area contributed by atoms with E-state index < -0.39 is 35.3 Å². The van der Waals surface area contributed by atoms with Crippen molar-refractivity contribution >= 4 is 23.5 Å². The zero-order valence-corrected chi connectivity index (χ0v) is 8.31. The number of esters is 2. The van der Waals surface area contributed by atoms with Crippen molar-refractivity contribution in [2.24, 2.45) is 11.8 Å². The Labute approximate surface area is 85.5 Å². The number of ether oxygens (including phenoxy) is 2. The summed E-state index contributed by atoms with van der Waals surface area (Å²) in [7, 11) is 2.23. The van der Waals surface area contributed by atoms with Crippen molar-refractivity contribution in [3.05, 3.63) is 0 Å². The SMILES string of the molecule is COC(=O)[C@H]1C[C@H](C(=O)OC)C(=O)C1=O. The summed E-state index contributed by atoms with van der Waals surface area (Å²) < 4.78 is 8.70. The molecule has 0 aliphatic heterocycles. The van der Waals surface area contributed by atoms with Crippen LogP contribution in [0.15, 0.2) is 0 Å². The Kier molecular flexibility index (Phi) is 3.18. The van der Waals surface area contributed by atoms with Gasteiger partial charge in [0.2, 0.25) is 11.6 Å². The molecule has 82 valence electrons. The monoisotopic (exact) mass is 214 g/mol. The molecule has 0 aromatic carbocycles. The Bertz CT molecular complexity index is 299. The van der Waals surface area contributed by atoms with E-state index in [1.165, 1.54) is 0 Å². The van der Waals surface area contributed by atoms with Crippen molar-refractivity contribution in [1.29, 1.82) is 0 Å². The van der Waals surface area contributed by atoms with Crippen LogP contribution in [-0.4, -0.2) is 37.7 Å². The highest BCUT2D eigenvalue weighted by atomic mass is 16.5. The van der Waals surface area contributed by atoms with E-state index >= 15 is 0 Å². The van der Waals surface area contributed by atoms with Crippen molar-refractivity contribution in [2.75, 3.05) is 14.2 Å². The molecule has 0 spiro atoms. The second-order valence-electron chi connectivity index (χ2n) is 3.12. The van der Waals surface area contributed by atoms with Crippen LogP contribution in [0.3, 0.4) is 0 Å². The summed E-state index contributed by atoms with van der Waals surface area (Å²) in [6.07, 6.45) is -0.156. The molecule has 1 aliphatic rings. The summed E-state index contributed by atoms with van der Waals surface area (Å²) >= 11 is 0. The largest absolute Gasteiger partial charge is 0.468 e. The highest BCUT2D eigenvalue weighted by Gasteiger charge is 2.49. The Balaban J connectivity index is 2.85. The topological polar surface area (TPSA) is 86.7 Å². The molecule has 6 nitrogen and oxygen atoms in total. The molecule has 0 aromatic heterocycles. The van der Waals surface area contributed by atoms with E-state index in [4.69, 9.17) is 0 Å². The third kappa shape index (κ3) is 1.88.